The third-order valence-corrected chi connectivity index (χ3v) is 2.86. The van der Waals surface area contributed by atoms with Gasteiger partial charge < -0.3 is 4.74 Å². The van der Waals surface area contributed by atoms with Gasteiger partial charge in [0.25, 0.3) is 0 Å². The van der Waals surface area contributed by atoms with Gasteiger partial charge in [0, 0.05) is 11.6 Å². The lowest BCUT2D eigenvalue weighted by Gasteiger charge is -2.15. The number of amides is 1. The molecule has 5 heteroatoms. The highest BCUT2D eigenvalue weighted by Crippen LogP contribution is 2.14. The molecular weight excluding hydrogens is 254 g/mol. The van der Waals surface area contributed by atoms with Crippen LogP contribution in [0.2, 0.25) is 5.02 Å². The molecule has 1 aromatic rings. The maximum Gasteiger partial charge on any atom is 0.245 e. The second-order valence-corrected chi connectivity index (χ2v) is 4.42. The lowest BCUT2D eigenvalue weighted by Crippen LogP contribution is -2.26. The molecule has 1 aromatic carbocycles. The van der Waals surface area contributed by atoms with E-state index >= 15 is 0 Å². The summed E-state index contributed by atoms with van der Waals surface area (Å²) < 4.78 is 5.46. The molecule has 1 rings (SSSR count). The van der Waals surface area contributed by atoms with Crippen LogP contribution >= 0.6 is 11.6 Å². The van der Waals surface area contributed by atoms with Gasteiger partial charge in [-0.15, -0.1) is 0 Å². The fourth-order valence-corrected chi connectivity index (χ4v) is 1.84. The van der Waals surface area contributed by atoms with Crippen LogP contribution < -0.4 is 5.48 Å². The van der Waals surface area contributed by atoms with Crippen LogP contribution in [0.5, 0.6) is 0 Å². The van der Waals surface area contributed by atoms with E-state index < -0.39 is 5.91 Å². The maximum atomic E-state index is 11.1. The Morgan fingerprint density at radius 1 is 1.44 bits per heavy atom. The van der Waals surface area contributed by atoms with Crippen molar-refractivity contribution in [2.45, 2.75) is 32.3 Å². The second-order valence-electron chi connectivity index (χ2n) is 3.98. The number of hydroxylamine groups is 1. The number of aryl methyl sites for hydroxylation is 1. The smallest absolute Gasteiger partial charge is 0.245 e. The summed E-state index contributed by atoms with van der Waals surface area (Å²) in [6, 6.07) is 7.59. The Bertz CT molecular complexity index is 367. The lowest BCUT2D eigenvalue weighted by molar-refractivity contribution is -0.132. The molecule has 1 unspecified atom stereocenters. The van der Waals surface area contributed by atoms with Crippen LogP contribution in [0, 0.1) is 0 Å². The van der Waals surface area contributed by atoms with Crippen molar-refractivity contribution in [1.82, 2.24) is 5.48 Å². The van der Waals surface area contributed by atoms with Gasteiger partial charge in [0.2, 0.25) is 5.91 Å². The molecule has 0 fully saturated rings. The molecule has 2 N–H and O–H groups in total. The van der Waals surface area contributed by atoms with Gasteiger partial charge in [0.05, 0.1) is 12.5 Å². The number of carbonyl (C=O) groups excluding carboxylic acids is 1. The maximum absolute atomic E-state index is 11.1. The van der Waals surface area contributed by atoms with E-state index in [0.29, 0.717) is 11.6 Å². The van der Waals surface area contributed by atoms with Crippen molar-refractivity contribution in [2.75, 3.05) is 6.61 Å². The second kappa shape index (κ2) is 8.08. The minimum absolute atomic E-state index is 0.165. The molecule has 0 aliphatic heterocycles. The standard InChI is InChI=1S/C13H18ClNO3/c1-2-18-12(9-13(16)15-17)8-5-10-3-6-11(14)7-4-10/h3-4,6-7,12,17H,2,5,8-9H2,1H3,(H,15,16). The third kappa shape index (κ3) is 5.49. The van der Waals surface area contributed by atoms with Crippen molar-refractivity contribution in [1.29, 1.82) is 0 Å². The monoisotopic (exact) mass is 271 g/mol. The highest BCUT2D eigenvalue weighted by atomic mass is 35.5. The Labute approximate surface area is 112 Å². The highest BCUT2D eigenvalue weighted by Gasteiger charge is 2.13. The molecule has 0 saturated carbocycles. The highest BCUT2D eigenvalue weighted by molar-refractivity contribution is 6.30. The van der Waals surface area contributed by atoms with Gasteiger partial charge in [-0.25, -0.2) is 5.48 Å². The largest absolute Gasteiger partial charge is 0.378 e. The van der Waals surface area contributed by atoms with Crippen LogP contribution in [0.4, 0.5) is 0 Å². The van der Waals surface area contributed by atoms with E-state index in [-0.39, 0.29) is 12.5 Å². The number of rotatable bonds is 7. The van der Waals surface area contributed by atoms with Gasteiger partial charge in [-0.2, -0.15) is 0 Å². The van der Waals surface area contributed by atoms with E-state index in [2.05, 4.69) is 0 Å². The molecule has 4 nitrogen and oxygen atoms in total. The molecule has 0 saturated heterocycles. The molecule has 0 radical (unpaired) electrons. The molecule has 0 bridgehead atoms. The zero-order valence-electron chi connectivity index (χ0n) is 10.4. The first-order chi connectivity index (χ1) is 8.65. The molecular formula is C13H18ClNO3. The minimum atomic E-state index is -0.426. The van der Waals surface area contributed by atoms with Crippen LogP contribution in [-0.4, -0.2) is 23.8 Å². The van der Waals surface area contributed by atoms with Gasteiger partial charge in [0.15, 0.2) is 0 Å². The van der Waals surface area contributed by atoms with E-state index in [0.717, 1.165) is 18.4 Å². The zero-order chi connectivity index (χ0) is 13.4. The normalized spacial score (nSPS) is 12.2. The van der Waals surface area contributed by atoms with Crippen molar-refractivity contribution in [2.24, 2.45) is 0 Å². The van der Waals surface area contributed by atoms with E-state index in [9.17, 15) is 4.79 Å². The predicted octanol–water partition coefficient (Wildman–Crippen LogP) is 2.57. The number of halogens is 1. The average molecular weight is 272 g/mol. The molecule has 0 aliphatic carbocycles. The van der Waals surface area contributed by atoms with Crippen LogP contribution in [0.1, 0.15) is 25.3 Å². The summed E-state index contributed by atoms with van der Waals surface area (Å²) in [7, 11) is 0. The summed E-state index contributed by atoms with van der Waals surface area (Å²) in [6.07, 6.45) is 1.51. The Morgan fingerprint density at radius 2 is 2.11 bits per heavy atom. The predicted molar refractivity (Wildman–Crippen MR) is 69.7 cm³/mol. The molecule has 0 spiro atoms. The number of hydrogen-bond acceptors (Lipinski definition) is 3. The Balaban J connectivity index is 2.45. The van der Waals surface area contributed by atoms with E-state index in [1.54, 1.807) is 5.48 Å². The average Bonchev–Trinajstić information content (AvgIpc) is 2.38. The molecule has 18 heavy (non-hydrogen) atoms. The van der Waals surface area contributed by atoms with E-state index in [4.69, 9.17) is 21.5 Å². The minimum Gasteiger partial charge on any atom is -0.378 e. The molecule has 0 heterocycles. The first kappa shape index (κ1) is 15.0. The summed E-state index contributed by atoms with van der Waals surface area (Å²) in [4.78, 5) is 11.1. The number of ether oxygens (including phenoxy) is 1. The van der Waals surface area contributed by atoms with Crippen molar-refractivity contribution in [3.63, 3.8) is 0 Å². The van der Waals surface area contributed by atoms with E-state index in [1.165, 1.54) is 0 Å². The van der Waals surface area contributed by atoms with Crippen LogP contribution in [0.25, 0.3) is 0 Å². The molecule has 1 amide bonds. The first-order valence-electron chi connectivity index (χ1n) is 5.94. The fourth-order valence-electron chi connectivity index (χ4n) is 1.71. The van der Waals surface area contributed by atoms with Crippen molar-refractivity contribution >= 4 is 17.5 Å². The van der Waals surface area contributed by atoms with Crippen molar-refractivity contribution < 1.29 is 14.7 Å². The van der Waals surface area contributed by atoms with Gasteiger partial charge in [-0.05, 0) is 37.5 Å². The van der Waals surface area contributed by atoms with Crippen LogP contribution in [0.15, 0.2) is 24.3 Å². The number of nitrogens with one attached hydrogen (secondary N) is 1. The molecule has 1 atom stereocenters. The Morgan fingerprint density at radius 3 is 2.67 bits per heavy atom. The van der Waals surface area contributed by atoms with Gasteiger partial charge in [-0.3, -0.25) is 10.0 Å². The summed E-state index contributed by atoms with van der Waals surface area (Å²) in [5.41, 5.74) is 2.77. The third-order valence-electron chi connectivity index (χ3n) is 2.61. The van der Waals surface area contributed by atoms with Gasteiger partial charge in [0.1, 0.15) is 0 Å². The Kier molecular flexibility index (Phi) is 6.72. The summed E-state index contributed by atoms with van der Waals surface area (Å²) in [6.45, 7) is 2.43. The molecule has 0 aliphatic rings. The van der Waals surface area contributed by atoms with Gasteiger partial charge >= 0.3 is 0 Å². The summed E-state index contributed by atoms with van der Waals surface area (Å²) >= 11 is 5.81. The van der Waals surface area contributed by atoms with Crippen LogP contribution in [0.3, 0.4) is 0 Å². The number of carbonyl (C=O) groups is 1. The van der Waals surface area contributed by atoms with Gasteiger partial charge in [-0.1, -0.05) is 23.7 Å². The van der Waals surface area contributed by atoms with E-state index in [1.807, 2.05) is 31.2 Å². The lowest BCUT2D eigenvalue weighted by atomic mass is 10.0. The van der Waals surface area contributed by atoms with Crippen LogP contribution in [-0.2, 0) is 16.0 Å². The number of hydrogen-bond donors (Lipinski definition) is 2. The Hall–Kier alpha value is -1.10. The first-order valence-corrected chi connectivity index (χ1v) is 6.32. The quantitative estimate of drug-likeness (QED) is 0.592. The number of benzene rings is 1. The summed E-state index contributed by atoms with van der Waals surface area (Å²) in [5.74, 6) is -0.426. The fraction of sp³-hybridized carbons (Fsp3) is 0.462. The molecule has 100 valence electrons. The SMILES string of the molecule is CCOC(CCc1ccc(Cl)cc1)CC(=O)NO. The summed E-state index contributed by atoms with van der Waals surface area (Å²) in [5, 5.41) is 9.21. The van der Waals surface area contributed by atoms with Crippen molar-refractivity contribution in [3.8, 4) is 0 Å². The molecule has 0 aromatic heterocycles. The topological polar surface area (TPSA) is 58.6 Å². The van der Waals surface area contributed by atoms with Crippen molar-refractivity contribution in [3.05, 3.63) is 34.9 Å². The zero-order valence-corrected chi connectivity index (χ0v) is 11.1.